The SMILES string of the molecule is COc1ccc(/C=C/C(=O)c2ccc(C(C)C)cc2)cc1COc1cc(C)ccc1C. The lowest BCUT2D eigenvalue weighted by Gasteiger charge is -2.13. The zero-order valence-electron chi connectivity index (χ0n) is 18.9. The molecule has 0 aliphatic heterocycles. The molecule has 0 aliphatic rings. The number of carbonyl (C=O) groups is 1. The lowest BCUT2D eigenvalue weighted by Crippen LogP contribution is -2.01. The fourth-order valence-corrected chi connectivity index (χ4v) is 3.33. The van der Waals surface area contributed by atoms with Gasteiger partial charge in [0, 0.05) is 11.1 Å². The number of allylic oxidation sites excluding steroid dienone is 1. The molecule has 0 bridgehead atoms. The minimum atomic E-state index is -0.0145. The highest BCUT2D eigenvalue weighted by molar-refractivity contribution is 6.06. The van der Waals surface area contributed by atoms with Gasteiger partial charge in [0.1, 0.15) is 18.1 Å². The number of rotatable bonds is 8. The van der Waals surface area contributed by atoms with E-state index in [-0.39, 0.29) is 5.78 Å². The summed E-state index contributed by atoms with van der Waals surface area (Å²) in [5, 5.41) is 0. The molecule has 0 aromatic heterocycles. The normalized spacial score (nSPS) is 11.2. The van der Waals surface area contributed by atoms with E-state index in [4.69, 9.17) is 9.47 Å². The van der Waals surface area contributed by atoms with Crippen LogP contribution in [0.1, 0.15) is 57.9 Å². The first-order valence-electron chi connectivity index (χ1n) is 10.6. The first-order chi connectivity index (χ1) is 14.9. The first-order valence-corrected chi connectivity index (χ1v) is 10.6. The van der Waals surface area contributed by atoms with Crippen molar-refractivity contribution in [3.63, 3.8) is 0 Å². The second-order valence-corrected chi connectivity index (χ2v) is 8.10. The smallest absolute Gasteiger partial charge is 0.185 e. The monoisotopic (exact) mass is 414 g/mol. The van der Waals surface area contributed by atoms with Gasteiger partial charge in [-0.05, 0) is 66.3 Å². The molecule has 0 radical (unpaired) electrons. The van der Waals surface area contributed by atoms with Gasteiger partial charge in [0.25, 0.3) is 0 Å². The summed E-state index contributed by atoms with van der Waals surface area (Å²) in [7, 11) is 1.65. The molecule has 0 amide bonds. The van der Waals surface area contributed by atoms with E-state index < -0.39 is 0 Å². The van der Waals surface area contributed by atoms with Gasteiger partial charge < -0.3 is 9.47 Å². The lowest BCUT2D eigenvalue weighted by atomic mass is 10.00. The highest BCUT2D eigenvalue weighted by atomic mass is 16.5. The van der Waals surface area contributed by atoms with Gasteiger partial charge in [0.05, 0.1) is 7.11 Å². The van der Waals surface area contributed by atoms with E-state index in [9.17, 15) is 4.79 Å². The summed E-state index contributed by atoms with van der Waals surface area (Å²) >= 11 is 0. The van der Waals surface area contributed by atoms with Crippen molar-refractivity contribution >= 4 is 11.9 Å². The van der Waals surface area contributed by atoms with Crippen molar-refractivity contribution in [2.24, 2.45) is 0 Å². The van der Waals surface area contributed by atoms with Crippen LogP contribution < -0.4 is 9.47 Å². The number of carbonyl (C=O) groups excluding carboxylic acids is 1. The molecule has 0 fully saturated rings. The van der Waals surface area contributed by atoms with Crippen LogP contribution in [0, 0.1) is 13.8 Å². The van der Waals surface area contributed by atoms with Gasteiger partial charge in [-0.3, -0.25) is 4.79 Å². The van der Waals surface area contributed by atoms with Crippen LogP contribution in [0.4, 0.5) is 0 Å². The summed E-state index contributed by atoms with van der Waals surface area (Å²) < 4.78 is 11.6. The van der Waals surface area contributed by atoms with E-state index in [0.29, 0.717) is 18.1 Å². The molecule has 3 nitrogen and oxygen atoms in total. The van der Waals surface area contributed by atoms with Crippen molar-refractivity contribution in [2.45, 2.75) is 40.2 Å². The number of methoxy groups -OCH3 is 1. The summed E-state index contributed by atoms with van der Waals surface area (Å²) in [5.41, 5.74) is 6.02. The molecule has 3 rings (SSSR count). The summed E-state index contributed by atoms with van der Waals surface area (Å²) in [5.74, 6) is 2.06. The minimum absolute atomic E-state index is 0.0145. The maximum absolute atomic E-state index is 12.6. The van der Waals surface area contributed by atoms with E-state index in [2.05, 4.69) is 26.0 Å². The molecule has 31 heavy (non-hydrogen) atoms. The third kappa shape index (κ3) is 5.85. The molecular weight excluding hydrogens is 384 g/mol. The zero-order chi connectivity index (χ0) is 22.4. The average Bonchev–Trinajstić information content (AvgIpc) is 2.78. The second-order valence-electron chi connectivity index (χ2n) is 8.10. The van der Waals surface area contributed by atoms with E-state index in [1.807, 2.05) is 68.5 Å². The fourth-order valence-electron chi connectivity index (χ4n) is 3.33. The molecule has 0 heterocycles. The van der Waals surface area contributed by atoms with Crippen LogP contribution in [-0.4, -0.2) is 12.9 Å². The molecule has 0 saturated heterocycles. The van der Waals surface area contributed by atoms with Gasteiger partial charge in [0.15, 0.2) is 5.78 Å². The molecule has 0 atom stereocenters. The number of aryl methyl sites for hydroxylation is 2. The Morgan fingerprint density at radius 2 is 1.68 bits per heavy atom. The van der Waals surface area contributed by atoms with E-state index in [0.717, 1.165) is 33.8 Å². The van der Waals surface area contributed by atoms with E-state index >= 15 is 0 Å². The molecular formula is C28H30O3. The number of ether oxygens (including phenoxy) is 2. The van der Waals surface area contributed by atoms with Crippen molar-refractivity contribution in [3.8, 4) is 11.5 Å². The standard InChI is InChI=1S/C28H30O3/c1-19(2)23-10-12-24(13-11-23)26(29)14-8-22-9-15-27(30-5)25(17-22)18-31-28-16-20(3)6-7-21(28)4/h6-17,19H,18H2,1-5H3/b14-8+. The highest BCUT2D eigenvalue weighted by Crippen LogP contribution is 2.25. The van der Waals surface area contributed by atoms with Gasteiger partial charge in [-0.1, -0.05) is 62.4 Å². The van der Waals surface area contributed by atoms with Crippen LogP contribution in [0.5, 0.6) is 11.5 Å². The molecule has 160 valence electrons. The molecule has 3 heteroatoms. The molecule has 0 N–H and O–H groups in total. The minimum Gasteiger partial charge on any atom is -0.496 e. The molecule has 0 saturated carbocycles. The zero-order valence-corrected chi connectivity index (χ0v) is 18.9. The van der Waals surface area contributed by atoms with Gasteiger partial charge >= 0.3 is 0 Å². The first kappa shape index (κ1) is 22.4. The summed E-state index contributed by atoms with van der Waals surface area (Å²) in [6, 6.07) is 19.8. The van der Waals surface area contributed by atoms with Crippen LogP contribution in [-0.2, 0) is 6.61 Å². The Kier molecular flexibility index (Phi) is 7.30. The van der Waals surface area contributed by atoms with Crippen molar-refractivity contribution in [2.75, 3.05) is 7.11 Å². The number of ketones is 1. The fraction of sp³-hybridized carbons (Fsp3) is 0.250. The van der Waals surface area contributed by atoms with Gasteiger partial charge in [0.2, 0.25) is 0 Å². The Balaban J connectivity index is 1.74. The lowest BCUT2D eigenvalue weighted by molar-refractivity contribution is 0.104. The largest absolute Gasteiger partial charge is 0.496 e. The average molecular weight is 415 g/mol. The Bertz CT molecular complexity index is 1080. The Hall–Kier alpha value is -3.33. The van der Waals surface area contributed by atoms with E-state index in [1.54, 1.807) is 13.2 Å². The molecule has 0 aliphatic carbocycles. The molecule has 3 aromatic rings. The molecule has 3 aromatic carbocycles. The van der Waals surface area contributed by atoms with E-state index in [1.165, 1.54) is 5.56 Å². The Labute approximate surface area is 185 Å². The third-order valence-electron chi connectivity index (χ3n) is 5.32. The van der Waals surface area contributed by atoms with Crippen molar-refractivity contribution in [1.29, 1.82) is 0 Å². The van der Waals surface area contributed by atoms with Crippen LogP contribution in [0.25, 0.3) is 6.08 Å². The van der Waals surface area contributed by atoms with Gasteiger partial charge in [-0.25, -0.2) is 0 Å². The summed E-state index contributed by atoms with van der Waals surface area (Å²) in [6.07, 6.45) is 3.45. The molecule has 0 unspecified atom stereocenters. The van der Waals surface area contributed by atoms with Crippen LogP contribution >= 0.6 is 0 Å². The van der Waals surface area contributed by atoms with Crippen LogP contribution in [0.2, 0.25) is 0 Å². The maximum atomic E-state index is 12.6. The maximum Gasteiger partial charge on any atom is 0.185 e. The Morgan fingerprint density at radius 3 is 2.35 bits per heavy atom. The quantitative estimate of drug-likeness (QED) is 0.297. The predicted molar refractivity (Wildman–Crippen MR) is 127 cm³/mol. The number of hydrogen-bond acceptors (Lipinski definition) is 3. The summed E-state index contributed by atoms with van der Waals surface area (Å²) in [4.78, 5) is 12.6. The van der Waals surface area contributed by atoms with Crippen LogP contribution in [0.3, 0.4) is 0 Å². The summed E-state index contributed by atoms with van der Waals surface area (Å²) in [6.45, 7) is 8.75. The number of benzene rings is 3. The second kappa shape index (κ2) is 10.1. The topological polar surface area (TPSA) is 35.5 Å². The van der Waals surface area contributed by atoms with Crippen LogP contribution in [0.15, 0.2) is 66.7 Å². The molecule has 0 spiro atoms. The van der Waals surface area contributed by atoms with Crippen molar-refractivity contribution in [1.82, 2.24) is 0 Å². The van der Waals surface area contributed by atoms with Gasteiger partial charge in [-0.15, -0.1) is 0 Å². The Morgan fingerprint density at radius 1 is 0.935 bits per heavy atom. The highest BCUT2D eigenvalue weighted by Gasteiger charge is 2.08. The van der Waals surface area contributed by atoms with Gasteiger partial charge in [-0.2, -0.15) is 0 Å². The third-order valence-corrected chi connectivity index (χ3v) is 5.32. The van der Waals surface area contributed by atoms with Crippen molar-refractivity contribution in [3.05, 3.63) is 100 Å². The number of hydrogen-bond donors (Lipinski definition) is 0. The predicted octanol–water partition coefficient (Wildman–Crippen LogP) is 6.91. The van der Waals surface area contributed by atoms with Crippen molar-refractivity contribution < 1.29 is 14.3 Å².